The first-order chi connectivity index (χ1) is 8.45. The van der Waals surface area contributed by atoms with Gasteiger partial charge in [-0.2, -0.15) is 5.26 Å². The molecule has 0 saturated heterocycles. The maximum atomic E-state index is 11.4. The lowest BCUT2D eigenvalue weighted by Gasteiger charge is -2.26. The number of rotatable bonds is 7. The van der Waals surface area contributed by atoms with Crippen LogP contribution in [0.5, 0.6) is 0 Å². The predicted octanol–water partition coefficient (Wildman–Crippen LogP) is 1.82. The summed E-state index contributed by atoms with van der Waals surface area (Å²) >= 11 is 0. The number of hydrogen-bond acceptors (Lipinski definition) is 3. The van der Waals surface area contributed by atoms with Crippen LogP contribution < -0.4 is 0 Å². The molecule has 98 valence electrons. The average molecular weight is 249 g/mol. The van der Waals surface area contributed by atoms with E-state index < -0.39 is 0 Å². The van der Waals surface area contributed by atoms with Gasteiger partial charge in [-0.3, -0.25) is 0 Å². The first kappa shape index (κ1) is 16.1. The van der Waals surface area contributed by atoms with Crippen molar-refractivity contribution in [2.24, 2.45) is 0 Å². The van der Waals surface area contributed by atoms with Gasteiger partial charge in [-0.25, -0.2) is 4.79 Å². The quantitative estimate of drug-likeness (QED) is 0.299. The Bertz CT molecular complexity index is 387. The summed E-state index contributed by atoms with van der Waals surface area (Å²) in [7, 11) is 3.90. The van der Waals surface area contributed by atoms with Gasteiger partial charge in [0.2, 0.25) is 0 Å². The second-order valence-electron chi connectivity index (χ2n) is 4.45. The number of carbonyl (C=O) groups is 1. The maximum Gasteiger partial charge on any atom is 0.361 e. The van der Waals surface area contributed by atoms with Crippen LogP contribution in [-0.2, 0) is 9.53 Å². The fourth-order valence-electron chi connectivity index (χ4n) is 1.29. The molecule has 0 spiro atoms. The van der Waals surface area contributed by atoms with Gasteiger partial charge in [-0.15, -0.1) is 0 Å². The van der Waals surface area contributed by atoms with Crippen LogP contribution in [0.1, 0.15) is 6.92 Å². The zero-order valence-corrected chi connectivity index (χ0v) is 11.3. The summed E-state index contributed by atoms with van der Waals surface area (Å²) in [4.78, 5) is 11.4. The number of hydrogen-bond donors (Lipinski definition) is 0. The predicted molar refractivity (Wildman–Crippen MR) is 71.5 cm³/mol. The van der Waals surface area contributed by atoms with E-state index in [0.717, 1.165) is 0 Å². The zero-order chi connectivity index (χ0) is 14.0. The Balaban J connectivity index is 4.30. The highest BCUT2D eigenvalue weighted by Crippen LogP contribution is 2.00. The summed E-state index contributed by atoms with van der Waals surface area (Å²) in [6, 6.07) is 2.01. The molecule has 18 heavy (non-hydrogen) atoms. The van der Waals surface area contributed by atoms with Crippen molar-refractivity contribution in [1.82, 2.24) is 0 Å². The van der Waals surface area contributed by atoms with Crippen molar-refractivity contribution in [3.63, 3.8) is 0 Å². The standard InChI is InChI=1S/C14H21N2O2/c1-5-13(11-15)9-7-8-10-16(3,4)12-14(17)18-6-2/h5,7-9H,1,6,10,12H2,2-4H3/q+1/b8-7-,13-9+. The number of nitriles is 1. The van der Waals surface area contributed by atoms with Gasteiger partial charge < -0.3 is 9.22 Å². The molecule has 4 heteroatoms. The van der Waals surface area contributed by atoms with Crippen LogP contribution >= 0.6 is 0 Å². The van der Waals surface area contributed by atoms with Crippen molar-refractivity contribution >= 4 is 5.97 Å². The third kappa shape index (κ3) is 7.42. The van der Waals surface area contributed by atoms with Crippen molar-refractivity contribution in [3.8, 4) is 6.07 Å². The second kappa shape index (κ2) is 8.26. The summed E-state index contributed by atoms with van der Waals surface area (Å²) in [5, 5.41) is 8.67. The van der Waals surface area contributed by atoms with Crippen LogP contribution in [0.15, 0.2) is 36.5 Å². The van der Waals surface area contributed by atoms with Gasteiger partial charge in [0.05, 0.1) is 38.9 Å². The lowest BCUT2D eigenvalue weighted by atomic mass is 10.2. The zero-order valence-electron chi connectivity index (χ0n) is 11.3. The van der Waals surface area contributed by atoms with Crippen molar-refractivity contribution in [1.29, 1.82) is 5.26 Å². The monoisotopic (exact) mass is 249 g/mol. The van der Waals surface area contributed by atoms with Gasteiger partial charge >= 0.3 is 5.97 Å². The molecule has 0 rings (SSSR count). The molecule has 0 aromatic rings. The van der Waals surface area contributed by atoms with Gasteiger partial charge in [-0.1, -0.05) is 18.7 Å². The molecule has 0 radical (unpaired) electrons. The number of likely N-dealkylation sites (N-methyl/N-ethyl adjacent to an activating group) is 1. The smallest absolute Gasteiger partial charge is 0.361 e. The molecule has 0 fully saturated rings. The second-order valence-corrected chi connectivity index (χ2v) is 4.45. The number of allylic oxidation sites excluding steroid dienone is 4. The molecule has 0 N–H and O–H groups in total. The van der Waals surface area contributed by atoms with Gasteiger partial charge in [0.1, 0.15) is 0 Å². The summed E-state index contributed by atoms with van der Waals surface area (Å²) in [5.74, 6) is -0.199. The van der Waals surface area contributed by atoms with Crippen molar-refractivity contribution in [2.45, 2.75) is 6.92 Å². The van der Waals surface area contributed by atoms with E-state index >= 15 is 0 Å². The highest BCUT2D eigenvalue weighted by molar-refractivity contribution is 5.70. The Labute approximate surface area is 109 Å². The molecule has 0 aromatic heterocycles. The lowest BCUT2D eigenvalue weighted by molar-refractivity contribution is -0.877. The van der Waals surface area contributed by atoms with E-state index in [0.29, 0.717) is 29.8 Å². The van der Waals surface area contributed by atoms with Crippen LogP contribution in [0.2, 0.25) is 0 Å². The van der Waals surface area contributed by atoms with E-state index in [2.05, 4.69) is 6.58 Å². The largest absolute Gasteiger partial charge is 0.462 e. The summed E-state index contributed by atoms with van der Waals surface area (Å²) < 4.78 is 5.42. The molecule has 0 aliphatic heterocycles. The SMILES string of the molecule is C=C/C(C#N)=C\C=C/C[N+](C)(C)CC(=O)OCC. The van der Waals surface area contributed by atoms with E-state index in [9.17, 15) is 4.79 Å². The highest BCUT2D eigenvalue weighted by Gasteiger charge is 2.18. The summed E-state index contributed by atoms with van der Waals surface area (Å²) in [6.45, 7) is 6.74. The first-order valence-electron chi connectivity index (χ1n) is 5.82. The Kier molecular flexibility index (Phi) is 7.41. The van der Waals surface area contributed by atoms with E-state index in [4.69, 9.17) is 10.00 Å². The molecular weight excluding hydrogens is 228 g/mol. The molecule has 0 unspecified atom stereocenters. The molecule has 0 bridgehead atoms. The van der Waals surface area contributed by atoms with Crippen LogP contribution in [0, 0.1) is 11.3 Å². The van der Waals surface area contributed by atoms with E-state index in [1.54, 1.807) is 19.1 Å². The molecule has 0 heterocycles. The van der Waals surface area contributed by atoms with Gasteiger partial charge in [0, 0.05) is 0 Å². The minimum absolute atomic E-state index is 0.199. The normalized spacial score (nSPS) is 12.2. The third-order valence-corrected chi connectivity index (χ3v) is 2.22. The number of carbonyl (C=O) groups excluding carboxylic acids is 1. The maximum absolute atomic E-state index is 11.4. The Hall–Kier alpha value is -1.86. The van der Waals surface area contributed by atoms with E-state index in [1.807, 2.05) is 26.2 Å². The van der Waals surface area contributed by atoms with Crippen LogP contribution in [-0.4, -0.2) is 44.2 Å². The Morgan fingerprint density at radius 3 is 2.67 bits per heavy atom. The minimum atomic E-state index is -0.199. The molecule has 4 nitrogen and oxygen atoms in total. The molecule has 0 amide bonds. The Morgan fingerprint density at radius 2 is 2.17 bits per heavy atom. The molecule has 0 atom stereocenters. The highest BCUT2D eigenvalue weighted by atomic mass is 16.5. The van der Waals surface area contributed by atoms with Gasteiger partial charge in [0.15, 0.2) is 6.54 Å². The molecular formula is C14H21N2O2+. The summed E-state index contributed by atoms with van der Waals surface area (Å²) in [6.07, 6.45) is 6.91. The third-order valence-electron chi connectivity index (χ3n) is 2.22. The number of nitrogens with zero attached hydrogens (tertiary/aromatic N) is 2. The van der Waals surface area contributed by atoms with E-state index in [1.165, 1.54) is 6.08 Å². The average Bonchev–Trinajstić information content (AvgIpc) is 2.28. The van der Waals surface area contributed by atoms with Crippen LogP contribution in [0.25, 0.3) is 0 Å². The first-order valence-corrected chi connectivity index (χ1v) is 5.82. The van der Waals surface area contributed by atoms with E-state index in [-0.39, 0.29) is 5.97 Å². The van der Waals surface area contributed by atoms with Crippen LogP contribution in [0.3, 0.4) is 0 Å². The lowest BCUT2D eigenvalue weighted by Crippen LogP contribution is -2.44. The topological polar surface area (TPSA) is 50.1 Å². The van der Waals surface area contributed by atoms with Crippen molar-refractivity contribution < 1.29 is 14.0 Å². The summed E-state index contributed by atoms with van der Waals surface area (Å²) in [5.41, 5.74) is 0.516. The molecule has 0 aromatic carbocycles. The fraction of sp³-hybridized carbons (Fsp3) is 0.429. The van der Waals surface area contributed by atoms with Gasteiger partial charge in [0.25, 0.3) is 0 Å². The van der Waals surface area contributed by atoms with Crippen molar-refractivity contribution in [3.05, 3.63) is 36.5 Å². The number of quaternary nitrogens is 1. The minimum Gasteiger partial charge on any atom is -0.462 e. The van der Waals surface area contributed by atoms with Crippen LogP contribution in [0.4, 0.5) is 0 Å². The molecule has 0 aliphatic carbocycles. The fourth-order valence-corrected chi connectivity index (χ4v) is 1.29. The number of esters is 1. The van der Waals surface area contributed by atoms with Crippen molar-refractivity contribution in [2.75, 3.05) is 33.8 Å². The molecule has 0 saturated carbocycles. The Morgan fingerprint density at radius 1 is 1.50 bits per heavy atom. The number of ether oxygens (including phenoxy) is 1. The molecule has 0 aliphatic rings. The van der Waals surface area contributed by atoms with Gasteiger partial charge in [-0.05, 0) is 19.1 Å².